The minimum absolute atomic E-state index is 0.516. The topological polar surface area (TPSA) is 79.6 Å². The average molecular weight is 366 g/mol. The summed E-state index contributed by atoms with van der Waals surface area (Å²) in [6.07, 6.45) is 4.98. The van der Waals surface area contributed by atoms with Gasteiger partial charge in [-0.2, -0.15) is 0 Å². The van der Waals surface area contributed by atoms with Gasteiger partial charge in [0.25, 0.3) is 0 Å². The largest absolute Gasteiger partial charge is 0.382 e. The number of nitrogens with one attached hydrogen (secondary N) is 2. The number of rotatable bonds is 10. The summed E-state index contributed by atoms with van der Waals surface area (Å²) in [4.78, 5) is 7.20. The molecule has 1 aliphatic heterocycles. The molecule has 1 aromatic heterocycles. The lowest BCUT2D eigenvalue weighted by Gasteiger charge is -2.26. The minimum atomic E-state index is 0.516. The van der Waals surface area contributed by atoms with Crippen LogP contribution in [0.4, 0.5) is 0 Å². The number of hydrogen-bond donors (Lipinski definition) is 2. The number of hydrogen-bond acceptors (Lipinski definition) is 5. The molecule has 0 aliphatic carbocycles. The Hall–Kier alpha value is -1.67. The molecule has 1 aliphatic rings. The zero-order valence-corrected chi connectivity index (χ0v) is 16.6. The summed E-state index contributed by atoms with van der Waals surface area (Å²) in [5.74, 6) is 2.60. The normalized spacial score (nSPS) is 16.0. The molecule has 0 unspecified atom stereocenters. The van der Waals surface area contributed by atoms with E-state index in [0.29, 0.717) is 6.54 Å². The smallest absolute Gasteiger partial charge is 0.191 e. The predicted octanol–water partition coefficient (Wildman–Crippen LogP) is 1.07. The molecule has 2 rings (SSSR count). The van der Waals surface area contributed by atoms with Crippen LogP contribution >= 0.6 is 0 Å². The van der Waals surface area contributed by atoms with E-state index in [1.165, 1.54) is 32.4 Å². The molecule has 0 spiro atoms. The van der Waals surface area contributed by atoms with E-state index in [1.807, 2.05) is 25.5 Å². The molecule has 0 bridgehead atoms. The molecule has 1 fully saturated rings. The van der Waals surface area contributed by atoms with Crippen molar-refractivity contribution in [3.05, 3.63) is 11.6 Å². The Morgan fingerprint density at radius 3 is 2.62 bits per heavy atom. The van der Waals surface area contributed by atoms with Crippen molar-refractivity contribution < 1.29 is 4.74 Å². The average Bonchev–Trinajstić information content (AvgIpc) is 2.98. The number of ether oxygens (including phenoxy) is 1. The van der Waals surface area contributed by atoms with E-state index in [9.17, 15) is 0 Å². The maximum Gasteiger partial charge on any atom is 0.191 e. The first kappa shape index (κ1) is 20.6. The van der Waals surface area contributed by atoms with E-state index in [-0.39, 0.29) is 0 Å². The van der Waals surface area contributed by atoms with E-state index in [0.717, 1.165) is 56.9 Å². The van der Waals surface area contributed by atoms with Crippen molar-refractivity contribution in [2.75, 3.05) is 45.9 Å². The Bertz CT molecular complexity index is 538. The molecule has 1 saturated heterocycles. The van der Waals surface area contributed by atoms with Gasteiger partial charge in [0.1, 0.15) is 12.4 Å². The molecule has 0 radical (unpaired) electrons. The van der Waals surface area contributed by atoms with Crippen LogP contribution in [-0.4, -0.2) is 71.6 Å². The van der Waals surface area contributed by atoms with Crippen molar-refractivity contribution >= 4 is 5.96 Å². The lowest BCUT2D eigenvalue weighted by Crippen LogP contribution is -2.43. The molecule has 0 atom stereocenters. The lowest BCUT2D eigenvalue weighted by atomic mass is 10.1. The van der Waals surface area contributed by atoms with Crippen LogP contribution in [0, 0.1) is 6.92 Å². The Labute approximate surface area is 157 Å². The number of likely N-dealkylation sites (tertiary alicyclic amines) is 1. The third kappa shape index (κ3) is 7.29. The van der Waals surface area contributed by atoms with Crippen LogP contribution in [0.1, 0.15) is 44.3 Å². The molecule has 8 heteroatoms. The number of nitrogens with zero attached hydrogens (tertiary/aromatic N) is 5. The SMILES string of the molecule is CCOCCCNC(=NCc1nnc(C)n1C)NCCN1CCCCC1. The third-order valence-corrected chi connectivity index (χ3v) is 4.69. The second-order valence-corrected chi connectivity index (χ2v) is 6.69. The maximum atomic E-state index is 5.40. The molecule has 2 heterocycles. The van der Waals surface area contributed by atoms with Crippen LogP contribution in [0.5, 0.6) is 0 Å². The van der Waals surface area contributed by atoms with Gasteiger partial charge in [-0.25, -0.2) is 4.99 Å². The molecular formula is C18H35N7O. The highest BCUT2D eigenvalue weighted by Crippen LogP contribution is 2.07. The molecule has 0 saturated carbocycles. The molecule has 1 aromatic rings. The second kappa shape index (κ2) is 11.9. The van der Waals surface area contributed by atoms with Crippen LogP contribution in [-0.2, 0) is 18.3 Å². The predicted molar refractivity (Wildman–Crippen MR) is 104 cm³/mol. The second-order valence-electron chi connectivity index (χ2n) is 6.69. The summed E-state index contributed by atoms with van der Waals surface area (Å²) in [5, 5.41) is 15.1. The highest BCUT2D eigenvalue weighted by Gasteiger charge is 2.10. The monoisotopic (exact) mass is 365 g/mol. The van der Waals surface area contributed by atoms with Gasteiger partial charge >= 0.3 is 0 Å². The highest BCUT2D eigenvalue weighted by atomic mass is 16.5. The van der Waals surface area contributed by atoms with Gasteiger partial charge in [-0.15, -0.1) is 10.2 Å². The lowest BCUT2D eigenvalue weighted by molar-refractivity contribution is 0.145. The van der Waals surface area contributed by atoms with Gasteiger partial charge in [-0.05, 0) is 46.2 Å². The van der Waals surface area contributed by atoms with Gasteiger partial charge in [0.2, 0.25) is 0 Å². The van der Waals surface area contributed by atoms with Crippen LogP contribution in [0.2, 0.25) is 0 Å². The fraction of sp³-hybridized carbons (Fsp3) is 0.833. The van der Waals surface area contributed by atoms with Crippen molar-refractivity contribution in [1.82, 2.24) is 30.3 Å². The van der Waals surface area contributed by atoms with Gasteiger partial charge in [0.15, 0.2) is 11.8 Å². The van der Waals surface area contributed by atoms with Crippen molar-refractivity contribution in [2.45, 2.75) is 46.1 Å². The molecule has 8 nitrogen and oxygen atoms in total. The van der Waals surface area contributed by atoms with Crippen LogP contribution in [0.25, 0.3) is 0 Å². The molecule has 26 heavy (non-hydrogen) atoms. The quantitative estimate of drug-likeness (QED) is 0.367. The summed E-state index contributed by atoms with van der Waals surface area (Å²) < 4.78 is 7.37. The molecular weight excluding hydrogens is 330 g/mol. The number of aliphatic imine (C=N–C) groups is 1. The van der Waals surface area contributed by atoms with Crippen LogP contribution < -0.4 is 10.6 Å². The van der Waals surface area contributed by atoms with Gasteiger partial charge in [0.05, 0.1) is 0 Å². The van der Waals surface area contributed by atoms with Crippen molar-refractivity contribution in [1.29, 1.82) is 0 Å². The Balaban J connectivity index is 1.81. The highest BCUT2D eigenvalue weighted by molar-refractivity contribution is 5.79. The molecule has 0 amide bonds. The van der Waals surface area contributed by atoms with Gasteiger partial charge in [0, 0.05) is 39.9 Å². The fourth-order valence-corrected chi connectivity index (χ4v) is 2.95. The summed E-state index contributed by atoms with van der Waals surface area (Å²) in [5.41, 5.74) is 0. The Kier molecular flexibility index (Phi) is 9.41. The maximum absolute atomic E-state index is 5.40. The minimum Gasteiger partial charge on any atom is -0.382 e. The summed E-state index contributed by atoms with van der Waals surface area (Å²) in [6.45, 7) is 11.2. The Morgan fingerprint density at radius 1 is 1.15 bits per heavy atom. The van der Waals surface area contributed by atoms with E-state index in [2.05, 4.69) is 30.7 Å². The molecule has 148 valence electrons. The number of piperidine rings is 1. The van der Waals surface area contributed by atoms with Crippen LogP contribution in [0.3, 0.4) is 0 Å². The number of aromatic nitrogens is 3. The first-order valence-electron chi connectivity index (χ1n) is 9.88. The fourth-order valence-electron chi connectivity index (χ4n) is 2.95. The van der Waals surface area contributed by atoms with Crippen molar-refractivity contribution in [3.63, 3.8) is 0 Å². The van der Waals surface area contributed by atoms with Crippen molar-refractivity contribution in [3.8, 4) is 0 Å². The zero-order chi connectivity index (χ0) is 18.6. The molecule has 2 N–H and O–H groups in total. The van der Waals surface area contributed by atoms with Gasteiger partial charge in [-0.1, -0.05) is 6.42 Å². The number of aryl methyl sites for hydroxylation is 1. The summed E-state index contributed by atoms with van der Waals surface area (Å²) in [6, 6.07) is 0. The standard InChI is InChI=1S/C18H35N7O/c1-4-26-14-8-9-19-18(20-10-13-25-11-6-5-7-12-25)21-15-17-23-22-16(2)24(17)3/h4-15H2,1-3H3,(H2,19,20,21). The van der Waals surface area contributed by atoms with E-state index in [1.54, 1.807) is 0 Å². The van der Waals surface area contributed by atoms with Gasteiger partial charge in [-0.3, -0.25) is 0 Å². The zero-order valence-electron chi connectivity index (χ0n) is 16.6. The van der Waals surface area contributed by atoms with E-state index >= 15 is 0 Å². The Morgan fingerprint density at radius 2 is 1.92 bits per heavy atom. The van der Waals surface area contributed by atoms with Crippen LogP contribution in [0.15, 0.2) is 4.99 Å². The van der Waals surface area contributed by atoms with Crippen molar-refractivity contribution in [2.24, 2.45) is 12.0 Å². The van der Waals surface area contributed by atoms with Gasteiger partial charge < -0.3 is 24.8 Å². The van der Waals surface area contributed by atoms with E-state index < -0.39 is 0 Å². The first-order valence-corrected chi connectivity index (χ1v) is 9.88. The third-order valence-electron chi connectivity index (χ3n) is 4.69. The molecule has 0 aromatic carbocycles. The summed E-state index contributed by atoms with van der Waals surface area (Å²) >= 11 is 0. The first-order chi connectivity index (χ1) is 12.7. The summed E-state index contributed by atoms with van der Waals surface area (Å²) in [7, 11) is 1.97. The van der Waals surface area contributed by atoms with E-state index in [4.69, 9.17) is 4.74 Å². The number of guanidine groups is 1.